The first kappa shape index (κ1) is 11.2. The highest BCUT2D eigenvalue weighted by Crippen LogP contribution is 2.35. The number of halogens is 1. The Morgan fingerprint density at radius 3 is 2.72 bits per heavy atom. The van der Waals surface area contributed by atoms with Crippen LogP contribution in [0.15, 0.2) is 36.9 Å². The largest absolute Gasteiger partial charge is 0.281 e. The molecule has 0 fully saturated rings. The van der Waals surface area contributed by atoms with E-state index < -0.39 is 0 Å². The standard InChI is InChI=1S/C11H7ClN4OS/c12-9-7-3-1-2-4-8(7)18-10(9)11(17)15-16-5-13-14-6-16/h1-6H,(H,15,17). The van der Waals surface area contributed by atoms with Crippen LogP contribution in [-0.4, -0.2) is 20.8 Å². The third-order valence-corrected chi connectivity index (χ3v) is 4.06. The van der Waals surface area contributed by atoms with Crippen molar-refractivity contribution < 1.29 is 4.79 Å². The first-order valence-corrected chi connectivity index (χ1v) is 6.28. The fourth-order valence-corrected chi connectivity index (χ4v) is 2.99. The number of benzene rings is 1. The summed E-state index contributed by atoms with van der Waals surface area (Å²) in [5, 5.41) is 8.57. The summed E-state index contributed by atoms with van der Waals surface area (Å²) in [4.78, 5) is 12.5. The lowest BCUT2D eigenvalue weighted by Crippen LogP contribution is -2.20. The zero-order valence-corrected chi connectivity index (χ0v) is 10.6. The van der Waals surface area contributed by atoms with Gasteiger partial charge in [-0.25, -0.2) is 4.68 Å². The van der Waals surface area contributed by atoms with E-state index >= 15 is 0 Å². The average Bonchev–Trinajstić information content (AvgIpc) is 2.98. The van der Waals surface area contributed by atoms with Crippen LogP contribution in [0.3, 0.4) is 0 Å². The number of hydrogen-bond acceptors (Lipinski definition) is 4. The fourth-order valence-electron chi connectivity index (χ4n) is 1.59. The molecule has 18 heavy (non-hydrogen) atoms. The van der Waals surface area contributed by atoms with Crippen molar-refractivity contribution in [2.24, 2.45) is 0 Å². The number of fused-ring (bicyclic) bond motifs is 1. The Hall–Kier alpha value is -1.92. The normalized spacial score (nSPS) is 10.7. The van der Waals surface area contributed by atoms with Crippen LogP contribution in [0.2, 0.25) is 5.02 Å². The molecular formula is C11H7ClN4OS. The quantitative estimate of drug-likeness (QED) is 0.784. The van der Waals surface area contributed by atoms with Crippen molar-refractivity contribution in [3.63, 3.8) is 0 Å². The third kappa shape index (κ3) is 1.85. The summed E-state index contributed by atoms with van der Waals surface area (Å²) >= 11 is 7.56. The molecule has 7 heteroatoms. The van der Waals surface area contributed by atoms with Crippen LogP contribution < -0.4 is 5.43 Å². The molecule has 0 aliphatic carbocycles. The summed E-state index contributed by atoms with van der Waals surface area (Å²) in [7, 11) is 0. The topological polar surface area (TPSA) is 59.8 Å². The van der Waals surface area contributed by atoms with Crippen LogP contribution in [0.1, 0.15) is 9.67 Å². The molecule has 1 amide bonds. The second kappa shape index (κ2) is 4.40. The Bertz CT molecular complexity index is 707. The first-order valence-electron chi connectivity index (χ1n) is 5.09. The van der Waals surface area contributed by atoms with Crippen LogP contribution in [0.25, 0.3) is 10.1 Å². The van der Waals surface area contributed by atoms with E-state index in [0.717, 1.165) is 10.1 Å². The smallest absolute Gasteiger partial charge is 0.266 e. The fraction of sp³-hybridized carbons (Fsp3) is 0. The highest BCUT2D eigenvalue weighted by Gasteiger charge is 2.16. The van der Waals surface area contributed by atoms with Crippen molar-refractivity contribution in [1.82, 2.24) is 14.9 Å². The number of rotatable bonds is 2. The van der Waals surface area contributed by atoms with Crippen molar-refractivity contribution in [1.29, 1.82) is 0 Å². The van der Waals surface area contributed by atoms with E-state index in [4.69, 9.17) is 11.6 Å². The van der Waals surface area contributed by atoms with E-state index in [9.17, 15) is 4.79 Å². The zero-order valence-electron chi connectivity index (χ0n) is 9.00. The van der Waals surface area contributed by atoms with E-state index in [1.807, 2.05) is 24.3 Å². The van der Waals surface area contributed by atoms with Gasteiger partial charge in [0, 0.05) is 10.1 Å². The van der Waals surface area contributed by atoms with Crippen molar-refractivity contribution >= 4 is 38.9 Å². The minimum absolute atomic E-state index is 0.277. The van der Waals surface area contributed by atoms with Gasteiger partial charge in [-0.15, -0.1) is 21.5 Å². The molecule has 0 saturated heterocycles. The zero-order chi connectivity index (χ0) is 12.5. The van der Waals surface area contributed by atoms with Crippen LogP contribution in [0.4, 0.5) is 0 Å². The van der Waals surface area contributed by atoms with Gasteiger partial charge < -0.3 is 0 Å². The van der Waals surface area contributed by atoms with Gasteiger partial charge in [-0.05, 0) is 6.07 Å². The van der Waals surface area contributed by atoms with Gasteiger partial charge >= 0.3 is 0 Å². The third-order valence-electron chi connectivity index (χ3n) is 2.39. The lowest BCUT2D eigenvalue weighted by atomic mass is 10.2. The minimum Gasteiger partial charge on any atom is -0.266 e. The number of nitrogens with one attached hydrogen (secondary N) is 1. The maximum Gasteiger partial charge on any atom is 0.281 e. The van der Waals surface area contributed by atoms with Crippen molar-refractivity contribution in [2.75, 3.05) is 5.43 Å². The van der Waals surface area contributed by atoms with Crippen LogP contribution in [0, 0.1) is 0 Å². The molecule has 3 aromatic rings. The summed E-state index contributed by atoms with van der Waals surface area (Å²) in [5.41, 5.74) is 2.62. The second-order valence-electron chi connectivity index (χ2n) is 3.55. The Labute approximate surface area is 111 Å². The Balaban J connectivity index is 1.99. The number of carbonyl (C=O) groups excluding carboxylic acids is 1. The number of hydrogen-bond donors (Lipinski definition) is 1. The molecule has 0 saturated carbocycles. The highest BCUT2D eigenvalue weighted by atomic mass is 35.5. The van der Waals surface area contributed by atoms with Gasteiger partial charge in [-0.2, -0.15) is 0 Å². The summed E-state index contributed by atoms with van der Waals surface area (Å²) in [6.45, 7) is 0. The lowest BCUT2D eigenvalue weighted by molar-refractivity contribution is 0.101. The maximum absolute atomic E-state index is 12.0. The molecule has 0 spiro atoms. The molecule has 0 aliphatic heterocycles. The predicted octanol–water partition coefficient (Wildman–Crippen LogP) is 2.53. The molecule has 3 rings (SSSR count). The molecule has 0 radical (unpaired) electrons. The Morgan fingerprint density at radius 1 is 1.28 bits per heavy atom. The van der Waals surface area contributed by atoms with E-state index in [1.54, 1.807) is 0 Å². The van der Waals surface area contributed by atoms with Crippen LogP contribution in [0.5, 0.6) is 0 Å². The summed E-state index contributed by atoms with van der Waals surface area (Å²) in [6, 6.07) is 7.63. The van der Waals surface area contributed by atoms with Crippen molar-refractivity contribution in [3.05, 3.63) is 46.8 Å². The maximum atomic E-state index is 12.0. The van der Waals surface area contributed by atoms with Crippen molar-refractivity contribution in [2.45, 2.75) is 0 Å². The first-order chi connectivity index (χ1) is 8.75. The van der Waals surface area contributed by atoms with Gasteiger partial charge in [0.15, 0.2) is 0 Å². The summed E-state index contributed by atoms with van der Waals surface area (Å²) < 4.78 is 2.36. The van der Waals surface area contributed by atoms with Gasteiger partial charge in [-0.1, -0.05) is 29.8 Å². The summed E-state index contributed by atoms with van der Waals surface area (Å²) in [5.74, 6) is -0.277. The molecule has 0 bridgehead atoms. The van der Waals surface area contributed by atoms with Crippen LogP contribution >= 0.6 is 22.9 Å². The molecule has 1 aromatic carbocycles. The molecule has 2 heterocycles. The molecule has 2 aromatic heterocycles. The Morgan fingerprint density at radius 2 is 2.00 bits per heavy atom. The molecular weight excluding hydrogens is 272 g/mol. The van der Waals surface area contributed by atoms with E-state index in [2.05, 4.69) is 15.6 Å². The summed E-state index contributed by atoms with van der Waals surface area (Å²) in [6.07, 6.45) is 2.80. The Kier molecular flexibility index (Phi) is 2.73. The van der Waals surface area contributed by atoms with Gasteiger partial charge in [0.1, 0.15) is 17.5 Å². The molecule has 0 atom stereocenters. The monoisotopic (exact) mass is 278 g/mol. The number of amides is 1. The number of nitrogens with zero attached hydrogens (tertiary/aromatic N) is 3. The van der Waals surface area contributed by atoms with Gasteiger partial charge in [0.05, 0.1) is 5.02 Å². The molecule has 1 N–H and O–H groups in total. The number of aromatic nitrogens is 3. The van der Waals surface area contributed by atoms with Crippen molar-refractivity contribution in [3.8, 4) is 0 Å². The van der Waals surface area contributed by atoms with E-state index in [1.165, 1.54) is 28.7 Å². The molecule has 0 unspecified atom stereocenters. The van der Waals surface area contributed by atoms with Gasteiger partial charge in [0.2, 0.25) is 0 Å². The number of carbonyl (C=O) groups is 1. The van der Waals surface area contributed by atoms with E-state index in [-0.39, 0.29) is 5.91 Å². The second-order valence-corrected chi connectivity index (χ2v) is 4.98. The molecule has 90 valence electrons. The predicted molar refractivity (Wildman–Crippen MR) is 70.5 cm³/mol. The SMILES string of the molecule is O=C(Nn1cnnc1)c1sc2ccccc2c1Cl. The van der Waals surface area contributed by atoms with E-state index in [0.29, 0.717) is 9.90 Å². The van der Waals surface area contributed by atoms with Gasteiger partial charge in [0.25, 0.3) is 5.91 Å². The average molecular weight is 279 g/mol. The lowest BCUT2D eigenvalue weighted by Gasteiger charge is -2.02. The van der Waals surface area contributed by atoms with Crippen LogP contribution in [-0.2, 0) is 0 Å². The minimum atomic E-state index is -0.277. The molecule has 5 nitrogen and oxygen atoms in total. The number of thiophene rings is 1. The molecule has 0 aliphatic rings. The van der Waals surface area contributed by atoms with Gasteiger partial charge in [-0.3, -0.25) is 10.2 Å². The highest BCUT2D eigenvalue weighted by molar-refractivity contribution is 7.21.